The molecule has 0 spiro atoms. The summed E-state index contributed by atoms with van der Waals surface area (Å²) in [7, 11) is 0. The lowest BCUT2D eigenvalue weighted by molar-refractivity contribution is -0.142. The Labute approximate surface area is 763 Å². The number of carbonyl (C=O) groups excluding carboxylic acids is 14. The van der Waals surface area contributed by atoms with Gasteiger partial charge in [0.25, 0.3) is 0 Å². The molecule has 0 saturated heterocycles. The Balaban J connectivity index is 1.57. The molecule has 716 valence electrons. The van der Waals surface area contributed by atoms with E-state index in [4.69, 9.17) is 11.5 Å². The number of aliphatic carboxylic acids is 2. The Hall–Kier alpha value is -11.0. The lowest BCUT2D eigenvalue weighted by atomic mass is 9.97. The number of benzene rings is 3. The Kier molecular flexibility index (Phi) is 48.3. The van der Waals surface area contributed by atoms with Crippen molar-refractivity contribution in [2.45, 2.75) is 292 Å². The molecule has 0 saturated carbocycles. The van der Waals surface area contributed by atoms with Crippen molar-refractivity contribution < 1.29 is 86.9 Å². The van der Waals surface area contributed by atoms with E-state index in [1.165, 1.54) is 11.8 Å². The molecule has 1 heterocycles. The van der Waals surface area contributed by atoms with Crippen molar-refractivity contribution in [1.29, 1.82) is 0 Å². The van der Waals surface area contributed by atoms with E-state index in [0.29, 0.717) is 41.7 Å². The molecule has 0 fully saturated rings. The number of carbonyl (C=O) groups is 16. The summed E-state index contributed by atoms with van der Waals surface area (Å²) >= 11 is 1.50. The van der Waals surface area contributed by atoms with Crippen molar-refractivity contribution in [3.63, 3.8) is 0 Å². The highest BCUT2D eigenvalue weighted by molar-refractivity contribution is 7.98. The molecule has 21 N–H and O–H groups in total. The molecule has 1 aromatic heterocycles. The first-order valence-corrected chi connectivity index (χ1v) is 46.4. The standard InChI is InChI=1S/C93H145N17O18S/c1-51(2)40-67(101-80(114)63(95)37-39-129-17)85(119)103-69(42-53(5)6)84(118)100-66(35-36-77(112)113)81(115)97-50-76(111)98-73(46-59-28-20-18-21-29-59)89(123)109-79(58(15)16)92(126)107-74(47-60-30-22-19-23-31-60)90(124)110-78(57(13)14)91(125)106-72(45-56(11)12)87(121)105-70(43-54(7)8)86(120)104-68(41-52(3)4)83(117)99-65(34-26-27-38-94)82(116)102-71(44-55(9)10)88(122)108-75(93(127)128)48-61-49-96-64-33-25-24-32-62(61)64/h18-25,28-33,49,51-58,63,65-75,78-79,96H,26-27,34-48,50,94-95H2,1-17H3,(H,97,115)(H,98,111)(H,99,117)(H,100,118)(H,101,114)(H,102,116)(H,103,119)(H,104,120)(H,105,121)(H,106,125)(H,107,126)(H,108,122)(H,109,123)(H,110,124)(H,112,113)(H,127,128)/t63-,65-,66-,67-,68-,69-,70-,71-,72-,73-,74-,75-,78-,79-/m0/s1. The maximum atomic E-state index is 15.0. The van der Waals surface area contributed by atoms with E-state index in [0.717, 1.165) is 10.9 Å². The monoisotopic (exact) mass is 1820 g/mol. The first-order valence-electron chi connectivity index (χ1n) is 45.0. The van der Waals surface area contributed by atoms with Crippen LogP contribution in [0.5, 0.6) is 0 Å². The predicted octanol–water partition coefficient (Wildman–Crippen LogP) is 4.36. The van der Waals surface area contributed by atoms with Crippen LogP contribution >= 0.6 is 11.8 Å². The van der Waals surface area contributed by atoms with Crippen LogP contribution < -0.4 is 85.9 Å². The minimum atomic E-state index is -1.57. The SMILES string of the molecule is CSCC[C@H](N)C(=O)N[C@@H](CC(C)C)C(=O)N[C@@H](CC(C)C)C(=O)N[C@@H](CCC(=O)O)C(=O)NCC(=O)N[C@@H](Cc1ccccc1)C(=O)N[C@H](C(=O)N[C@@H](Cc1ccccc1)C(=O)N[C@H](C(=O)N[C@@H](CC(C)C)C(=O)N[C@@H](CC(C)C)C(=O)N[C@@H](CC(C)C)C(=O)N[C@@H](CCCCN)C(=O)N[C@@H](CC(C)C)C(=O)N[C@@H](Cc1c[nH]c2ccccc12)C(=O)O)C(C)C)C(C)C. The fourth-order valence-electron chi connectivity index (χ4n) is 14.6. The van der Waals surface area contributed by atoms with Gasteiger partial charge in [0.15, 0.2) is 0 Å². The third-order valence-corrected chi connectivity index (χ3v) is 22.0. The molecule has 0 radical (unpaired) electrons. The molecular formula is C93H145N17O18S. The average Bonchev–Trinajstić information content (AvgIpc) is 1.71. The zero-order valence-electron chi connectivity index (χ0n) is 78.1. The molecule has 0 unspecified atom stereocenters. The van der Waals surface area contributed by atoms with Gasteiger partial charge in [0, 0.05) is 42.8 Å². The van der Waals surface area contributed by atoms with Gasteiger partial charge in [0.1, 0.15) is 78.5 Å². The van der Waals surface area contributed by atoms with Gasteiger partial charge >= 0.3 is 11.9 Å². The summed E-state index contributed by atoms with van der Waals surface area (Å²) in [6.07, 6.45) is 3.87. The van der Waals surface area contributed by atoms with Crippen molar-refractivity contribution >= 4 is 117 Å². The zero-order valence-corrected chi connectivity index (χ0v) is 78.9. The van der Waals surface area contributed by atoms with Crippen LogP contribution in [0.1, 0.15) is 205 Å². The van der Waals surface area contributed by atoms with Crippen molar-refractivity contribution in [2.75, 3.05) is 25.1 Å². The summed E-state index contributed by atoms with van der Waals surface area (Å²) in [4.78, 5) is 229. The largest absolute Gasteiger partial charge is 0.481 e. The molecule has 36 heteroatoms. The second-order valence-electron chi connectivity index (χ2n) is 36.6. The Morgan fingerprint density at radius 2 is 0.690 bits per heavy atom. The molecular weight excluding hydrogens is 1680 g/mol. The lowest BCUT2D eigenvalue weighted by Crippen LogP contribution is -2.62. The summed E-state index contributed by atoms with van der Waals surface area (Å²) in [5.74, 6) is -15.6. The highest BCUT2D eigenvalue weighted by atomic mass is 32.2. The minimum Gasteiger partial charge on any atom is -0.481 e. The van der Waals surface area contributed by atoms with Crippen LogP contribution in [0, 0.1) is 47.3 Å². The normalized spacial score (nSPS) is 14.8. The van der Waals surface area contributed by atoms with E-state index in [9.17, 15) is 86.9 Å². The van der Waals surface area contributed by atoms with E-state index < -0.39 is 210 Å². The number of rotatable bonds is 59. The third kappa shape index (κ3) is 40.3. The van der Waals surface area contributed by atoms with Crippen molar-refractivity contribution in [3.05, 3.63) is 108 Å². The number of thioether (sulfide) groups is 1. The number of para-hydroxylation sites is 1. The summed E-state index contributed by atoms with van der Waals surface area (Å²) < 4.78 is 0. The van der Waals surface area contributed by atoms with Gasteiger partial charge in [-0.25, -0.2) is 4.79 Å². The number of aromatic nitrogens is 1. The van der Waals surface area contributed by atoms with E-state index in [1.807, 2.05) is 99.8 Å². The minimum absolute atomic E-state index is 0.0344. The number of hydrogen-bond donors (Lipinski definition) is 19. The van der Waals surface area contributed by atoms with Gasteiger partial charge in [-0.15, -0.1) is 0 Å². The fourth-order valence-corrected chi connectivity index (χ4v) is 15.0. The molecule has 4 rings (SSSR count). The number of aromatic amines is 1. The third-order valence-electron chi connectivity index (χ3n) is 21.4. The number of hydrogen-bond acceptors (Lipinski definition) is 19. The fraction of sp³-hybridized carbons (Fsp3) is 0.613. The predicted molar refractivity (Wildman–Crippen MR) is 495 cm³/mol. The van der Waals surface area contributed by atoms with Crippen LogP contribution in [-0.4, -0.2) is 220 Å². The van der Waals surface area contributed by atoms with Gasteiger partial charge in [-0.1, -0.05) is 190 Å². The number of nitrogens with one attached hydrogen (secondary N) is 15. The topological polar surface area (TPSA) is 550 Å². The number of amides is 14. The summed E-state index contributed by atoms with van der Waals surface area (Å²) in [6.45, 7) is 27.9. The van der Waals surface area contributed by atoms with E-state index in [1.54, 1.807) is 108 Å². The number of H-pyrrole nitrogens is 1. The van der Waals surface area contributed by atoms with Gasteiger partial charge in [-0.2, -0.15) is 11.8 Å². The van der Waals surface area contributed by atoms with Gasteiger partial charge in [0.2, 0.25) is 82.7 Å². The smallest absolute Gasteiger partial charge is 0.326 e. The maximum absolute atomic E-state index is 15.0. The van der Waals surface area contributed by atoms with Gasteiger partial charge in [-0.3, -0.25) is 71.9 Å². The Bertz CT molecular complexity index is 4320. The number of unbranched alkanes of at least 4 members (excludes halogenated alkanes) is 1. The lowest BCUT2D eigenvalue weighted by Gasteiger charge is -2.30. The van der Waals surface area contributed by atoms with Crippen LogP contribution in [0.25, 0.3) is 10.9 Å². The second kappa shape index (κ2) is 56.4. The summed E-state index contributed by atoms with van der Waals surface area (Å²) in [5.41, 5.74) is 14.6. The molecule has 0 bridgehead atoms. The Morgan fingerprint density at radius 3 is 1.06 bits per heavy atom. The molecule has 14 atom stereocenters. The maximum Gasteiger partial charge on any atom is 0.326 e. The highest BCUT2D eigenvalue weighted by Gasteiger charge is 2.40. The average molecular weight is 1820 g/mol. The Morgan fingerprint density at radius 1 is 0.357 bits per heavy atom. The summed E-state index contributed by atoms with van der Waals surface area (Å²) in [6, 6.07) is 6.19. The van der Waals surface area contributed by atoms with E-state index in [-0.39, 0.29) is 106 Å². The van der Waals surface area contributed by atoms with Crippen molar-refractivity contribution in [1.82, 2.24) is 79.4 Å². The van der Waals surface area contributed by atoms with Crippen LogP contribution in [-0.2, 0) is 96.0 Å². The molecule has 0 aliphatic rings. The molecule has 3 aromatic carbocycles. The first kappa shape index (κ1) is 110. The van der Waals surface area contributed by atoms with Crippen LogP contribution in [0.15, 0.2) is 91.1 Å². The van der Waals surface area contributed by atoms with Crippen LogP contribution in [0.3, 0.4) is 0 Å². The van der Waals surface area contributed by atoms with Crippen LogP contribution in [0.2, 0.25) is 0 Å². The molecule has 129 heavy (non-hydrogen) atoms. The van der Waals surface area contributed by atoms with Gasteiger partial charge < -0.3 is 101 Å². The number of carboxylic acid groups (broad SMARTS) is 2. The molecule has 4 aromatic rings. The van der Waals surface area contributed by atoms with Gasteiger partial charge in [0.05, 0.1) is 12.6 Å². The van der Waals surface area contributed by atoms with Crippen LogP contribution in [0.4, 0.5) is 0 Å². The zero-order chi connectivity index (χ0) is 96.5. The quantitative estimate of drug-likeness (QED) is 0.0273. The summed E-state index contributed by atoms with van der Waals surface area (Å²) in [5, 5.41) is 58.9. The van der Waals surface area contributed by atoms with E-state index >= 15 is 0 Å². The molecule has 0 aliphatic heterocycles. The number of nitrogens with two attached hydrogens (primary N) is 2. The first-order chi connectivity index (χ1) is 60.8. The van der Waals surface area contributed by atoms with E-state index in [2.05, 4.69) is 79.4 Å². The number of fused-ring (bicyclic) bond motifs is 1. The number of carboxylic acids is 2. The second-order valence-corrected chi connectivity index (χ2v) is 37.6. The van der Waals surface area contributed by atoms with Crippen molar-refractivity contribution in [3.8, 4) is 0 Å². The molecule has 35 nitrogen and oxygen atoms in total. The highest BCUT2D eigenvalue weighted by Crippen LogP contribution is 2.22. The molecule has 14 amide bonds. The molecule has 0 aliphatic carbocycles. The van der Waals surface area contributed by atoms with Gasteiger partial charge in [-0.05, 0) is 159 Å². The van der Waals surface area contributed by atoms with Crippen molar-refractivity contribution in [2.24, 2.45) is 58.8 Å².